The van der Waals surface area contributed by atoms with E-state index in [9.17, 15) is 14.7 Å². The number of benzene rings is 1. The molecule has 1 aromatic carbocycles. The number of hydrogen-bond acceptors (Lipinski definition) is 6. The molecule has 0 unspecified atom stereocenters. The summed E-state index contributed by atoms with van der Waals surface area (Å²) in [5, 5.41) is 17.5. The lowest BCUT2D eigenvalue weighted by molar-refractivity contribution is -0.145. The van der Waals surface area contributed by atoms with Crippen molar-refractivity contribution >= 4 is 19.9 Å². The number of hydrogen-bond donors (Lipinski definition) is 2. The van der Waals surface area contributed by atoms with Crippen molar-refractivity contribution in [2.24, 2.45) is 5.92 Å². The van der Waals surface area contributed by atoms with Crippen molar-refractivity contribution in [1.82, 2.24) is 15.0 Å². The van der Waals surface area contributed by atoms with Gasteiger partial charge in [-0.2, -0.15) is 0 Å². The standard InChI is InChI=1S/C30H44N4O4Si/c1-21(2)10-9-11-22(3)14-18-34-26-13-8-7-12-25(26)30(29(34)36)23(4)28(39(5,6)37)27(38-30)15-17-33-20-24(16-19-35)31-32-33/h7-8,10,12-14,20,23,27-28,35,37H,9,11,15-19H2,1-6H3/b22-14+/t23-,27+,28-,30+/m0/s1. The summed E-state index contributed by atoms with van der Waals surface area (Å²) in [4.78, 5) is 27.6. The van der Waals surface area contributed by atoms with Gasteiger partial charge in [-0.15, -0.1) is 5.10 Å². The van der Waals surface area contributed by atoms with E-state index in [-0.39, 0.29) is 30.1 Å². The summed E-state index contributed by atoms with van der Waals surface area (Å²) in [6.45, 7) is 13.4. The molecule has 2 aliphatic rings. The van der Waals surface area contributed by atoms with Crippen LogP contribution < -0.4 is 4.90 Å². The minimum absolute atomic E-state index is 0.0268. The lowest BCUT2D eigenvalue weighted by atomic mass is 9.82. The number of fused-ring (bicyclic) bond motifs is 2. The molecule has 1 spiro atoms. The van der Waals surface area contributed by atoms with Gasteiger partial charge in [0.1, 0.15) is 0 Å². The van der Waals surface area contributed by atoms with Crippen molar-refractivity contribution in [3.8, 4) is 0 Å². The van der Waals surface area contributed by atoms with Gasteiger partial charge >= 0.3 is 0 Å². The summed E-state index contributed by atoms with van der Waals surface area (Å²) in [6, 6.07) is 7.96. The third-order valence-electron chi connectivity index (χ3n) is 8.20. The monoisotopic (exact) mass is 552 g/mol. The van der Waals surface area contributed by atoms with Crippen molar-refractivity contribution < 1.29 is 19.4 Å². The third kappa shape index (κ3) is 5.96. The summed E-state index contributed by atoms with van der Waals surface area (Å²) >= 11 is 0. The normalized spacial score (nSPS) is 25.0. The Bertz CT molecular complexity index is 1230. The number of rotatable bonds is 11. The Labute approximate surface area is 233 Å². The van der Waals surface area contributed by atoms with Crippen molar-refractivity contribution in [2.45, 2.75) is 90.3 Å². The molecule has 0 saturated carbocycles. The van der Waals surface area contributed by atoms with Gasteiger partial charge in [0.15, 0.2) is 13.9 Å². The van der Waals surface area contributed by atoms with Gasteiger partial charge < -0.3 is 19.5 Å². The maximum absolute atomic E-state index is 14.3. The third-order valence-corrected chi connectivity index (χ3v) is 10.7. The number of para-hydroxylation sites is 1. The molecule has 9 heteroatoms. The van der Waals surface area contributed by atoms with Gasteiger partial charge in [-0.25, -0.2) is 0 Å². The predicted octanol–water partition coefficient (Wildman–Crippen LogP) is 4.74. The summed E-state index contributed by atoms with van der Waals surface area (Å²) in [5.74, 6) is -0.224. The van der Waals surface area contributed by atoms with Crippen LogP contribution in [0, 0.1) is 5.92 Å². The molecule has 2 aliphatic heterocycles. The fourth-order valence-corrected chi connectivity index (χ4v) is 8.96. The molecule has 39 heavy (non-hydrogen) atoms. The van der Waals surface area contributed by atoms with Gasteiger partial charge in [-0.3, -0.25) is 9.48 Å². The highest BCUT2D eigenvalue weighted by atomic mass is 28.4. The number of carbonyl (C=O) groups is 1. The number of aromatic nitrogens is 3. The van der Waals surface area contributed by atoms with E-state index in [4.69, 9.17) is 4.74 Å². The van der Waals surface area contributed by atoms with E-state index in [0.29, 0.717) is 25.9 Å². The molecular weight excluding hydrogens is 508 g/mol. The molecule has 1 amide bonds. The average Bonchev–Trinajstić information content (AvgIpc) is 3.51. The second-order valence-corrected chi connectivity index (χ2v) is 15.9. The Morgan fingerprint density at radius 1 is 1.21 bits per heavy atom. The number of nitrogens with zero attached hydrogens (tertiary/aromatic N) is 4. The molecule has 1 saturated heterocycles. The van der Waals surface area contributed by atoms with E-state index in [0.717, 1.165) is 29.8 Å². The van der Waals surface area contributed by atoms with E-state index in [1.165, 1.54) is 11.1 Å². The Balaban J connectivity index is 1.61. The van der Waals surface area contributed by atoms with E-state index < -0.39 is 13.9 Å². The van der Waals surface area contributed by atoms with Crippen LogP contribution in [0.2, 0.25) is 18.6 Å². The lowest BCUT2D eigenvalue weighted by Gasteiger charge is -2.32. The number of aryl methyl sites for hydroxylation is 1. The molecule has 8 nitrogen and oxygen atoms in total. The van der Waals surface area contributed by atoms with Crippen molar-refractivity contribution in [1.29, 1.82) is 0 Å². The van der Waals surface area contributed by atoms with Gasteiger partial charge in [-0.05, 0) is 59.2 Å². The number of amides is 1. The minimum Gasteiger partial charge on any atom is -0.432 e. The topological polar surface area (TPSA) is 101 Å². The molecule has 0 bridgehead atoms. The zero-order chi connectivity index (χ0) is 28.4. The minimum atomic E-state index is -2.71. The van der Waals surface area contributed by atoms with Gasteiger partial charge in [0.2, 0.25) is 0 Å². The predicted molar refractivity (Wildman–Crippen MR) is 156 cm³/mol. The van der Waals surface area contributed by atoms with E-state index in [1.54, 1.807) is 4.68 Å². The first-order valence-electron chi connectivity index (χ1n) is 14.1. The van der Waals surface area contributed by atoms with Crippen LogP contribution in [0.1, 0.15) is 58.2 Å². The van der Waals surface area contributed by atoms with Crippen LogP contribution in [0.15, 0.2) is 53.8 Å². The van der Waals surface area contributed by atoms with Gasteiger partial charge in [0.05, 0.1) is 17.5 Å². The largest absolute Gasteiger partial charge is 0.432 e. The highest BCUT2D eigenvalue weighted by molar-refractivity contribution is 6.71. The molecule has 3 heterocycles. The fourth-order valence-electron chi connectivity index (χ4n) is 6.36. The van der Waals surface area contributed by atoms with Crippen molar-refractivity contribution in [2.75, 3.05) is 18.1 Å². The smallest absolute Gasteiger partial charge is 0.264 e. The molecular formula is C30H44N4O4Si. The molecule has 1 fully saturated rings. The van der Waals surface area contributed by atoms with E-state index in [2.05, 4.69) is 50.2 Å². The van der Waals surface area contributed by atoms with Crippen LogP contribution >= 0.6 is 0 Å². The van der Waals surface area contributed by atoms with Crippen LogP contribution in [-0.4, -0.2) is 58.4 Å². The second-order valence-electron chi connectivity index (χ2n) is 11.9. The van der Waals surface area contributed by atoms with E-state index >= 15 is 0 Å². The Kier molecular flexibility index (Phi) is 8.95. The Hall–Kier alpha value is -2.59. The Morgan fingerprint density at radius 3 is 2.64 bits per heavy atom. The number of aliphatic hydroxyl groups excluding tert-OH is 1. The van der Waals surface area contributed by atoms with Crippen molar-refractivity contribution in [3.63, 3.8) is 0 Å². The zero-order valence-electron chi connectivity index (χ0n) is 24.2. The number of aliphatic hydroxyl groups is 1. The number of carbonyl (C=O) groups excluding carboxylic acids is 1. The first-order valence-corrected chi connectivity index (χ1v) is 17.1. The number of allylic oxidation sites excluding steroid dienone is 3. The number of anilines is 1. The molecule has 2 aromatic rings. The summed E-state index contributed by atoms with van der Waals surface area (Å²) in [5.41, 5.74) is 3.85. The van der Waals surface area contributed by atoms with Gasteiger partial charge in [0.25, 0.3) is 5.91 Å². The molecule has 4 rings (SSSR count). The fraction of sp³-hybridized carbons (Fsp3) is 0.567. The maximum atomic E-state index is 14.3. The summed E-state index contributed by atoms with van der Waals surface area (Å²) in [6.07, 6.45) is 8.96. The molecule has 0 radical (unpaired) electrons. The first-order chi connectivity index (χ1) is 18.5. The quantitative estimate of drug-likeness (QED) is 0.309. The first kappa shape index (κ1) is 29.4. The summed E-state index contributed by atoms with van der Waals surface area (Å²) in [7, 11) is -2.71. The molecule has 0 aliphatic carbocycles. The van der Waals surface area contributed by atoms with Crippen LogP contribution in [-0.2, 0) is 28.1 Å². The van der Waals surface area contributed by atoms with Crippen LogP contribution in [0.25, 0.3) is 0 Å². The van der Waals surface area contributed by atoms with Gasteiger partial charge in [-0.1, -0.05) is 53.6 Å². The SMILES string of the molecule is CC(C)=CCC/C(C)=C/CN1C(=O)[C@]2(O[C@H](CCn3cc(CCO)nn3)[C@@H]([Si](C)(C)O)[C@@H]2C)c2ccccc21. The highest BCUT2D eigenvalue weighted by Gasteiger charge is 2.65. The van der Waals surface area contributed by atoms with Crippen molar-refractivity contribution in [3.05, 3.63) is 65.0 Å². The lowest BCUT2D eigenvalue weighted by Crippen LogP contribution is -2.46. The van der Waals surface area contributed by atoms with Gasteiger partial charge in [0, 0.05) is 49.3 Å². The average molecular weight is 553 g/mol. The number of ether oxygens (including phenoxy) is 1. The summed E-state index contributed by atoms with van der Waals surface area (Å²) < 4.78 is 8.61. The zero-order valence-corrected chi connectivity index (χ0v) is 25.2. The molecule has 1 aromatic heterocycles. The molecule has 212 valence electrons. The van der Waals surface area contributed by atoms with Crippen LogP contribution in [0.5, 0.6) is 0 Å². The van der Waals surface area contributed by atoms with Crippen LogP contribution in [0.4, 0.5) is 5.69 Å². The highest BCUT2D eigenvalue weighted by Crippen LogP contribution is 2.59. The maximum Gasteiger partial charge on any atom is 0.264 e. The molecule has 4 atom stereocenters. The van der Waals surface area contributed by atoms with Crippen LogP contribution in [0.3, 0.4) is 0 Å². The Morgan fingerprint density at radius 2 is 1.95 bits per heavy atom. The van der Waals surface area contributed by atoms with E-state index in [1.807, 2.05) is 48.5 Å². The molecule has 2 N–H and O–H groups in total. The second kappa shape index (κ2) is 11.9.